The maximum Gasteiger partial charge on any atom is 0.188 e. The fourth-order valence-corrected chi connectivity index (χ4v) is 0.549. The van der Waals surface area contributed by atoms with E-state index < -0.39 is 6.10 Å². The predicted molar refractivity (Wildman–Crippen MR) is 46.7 cm³/mol. The van der Waals surface area contributed by atoms with Crippen molar-refractivity contribution in [3.63, 3.8) is 0 Å². The molecule has 11 heavy (non-hydrogen) atoms. The van der Waals surface area contributed by atoms with Gasteiger partial charge in [0.15, 0.2) is 5.05 Å². The van der Waals surface area contributed by atoms with Crippen molar-refractivity contribution in [3.05, 3.63) is 0 Å². The van der Waals surface area contributed by atoms with Crippen LogP contribution in [-0.2, 0) is 9.47 Å². The van der Waals surface area contributed by atoms with E-state index in [1.54, 1.807) is 6.92 Å². The molecule has 0 aromatic carbocycles. The fraction of sp³-hybridized carbons (Fsp3) is 0.857. The summed E-state index contributed by atoms with van der Waals surface area (Å²) in [4.78, 5) is 0. The molecule has 0 radical (unpaired) electrons. The molecule has 1 N–H and O–H groups in total. The molecule has 4 heteroatoms. The smallest absolute Gasteiger partial charge is 0.188 e. The number of hydrogen-bond donors (Lipinski definition) is 1. The molecule has 0 aliphatic carbocycles. The molecule has 0 spiro atoms. The highest BCUT2D eigenvalue weighted by Crippen LogP contribution is 1.90. The Morgan fingerprint density at radius 3 is 2.64 bits per heavy atom. The molecule has 0 rings (SSSR count). The number of ether oxygens (including phenoxy) is 2. The van der Waals surface area contributed by atoms with Crippen molar-refractivity contribution in [3.8, 4) is 0 Å². The molecule has 0 saturated carbocycles. The second-order valence-electron chi connectivity index (χ2n) is 2.04. The molecule has 0 saturated heterocycles. The Kier molecular flexibility index (Phi) is 6.40. The number of aliphatic hydroxyl groups is 1. The summed E-state index contributed by atoms with van der Waals surface area (Å²) in [6.07, 6.45) is -0.674. The van der Waals surface area contributed by atoms with Gasteiger partial charge in [0.2, 0.25) is 0 Å². The summed E-state index contributed by atoms with van der Waals surface area (Å²) in [6, 6.07) is 0. The number of thiocarbonyl (C=S) groups is 1. The molecule has 0 aromatic rings. The Morgan fingerprint density at radius 1 is 1.55 bits per heavy atom. The van der Waals surface area contributed by atoms with Gasteiger partial charge in [-0.2, -0.15) is 0 Å². The topological polar surface area (TPSA) is 38.7 Å². The molecular weight excluding hydrogens is 164 g/mol. The van der Waals surface area contributed by atoms with Crippen molar-refractivity contribution < 1.29 is 14.6 Å². The van der Waals surface area contributed by atoms with Crippen LogP contribution in [0.25, 0.3) is 0 Å². The zero-order chi connectivity index (χ0) is 8.69. The molecule has 0 amide bonds. The highest BCUT2D eigenvalue weighted by molar-refractivity contribution is 7.80. The van der Waals surface area contributed by atoms with Crippen LogP contribution >= 0.6 is 12.2 Å². The molecule has 0 heterocycles. The largest absolute Gasteiger partial charge is 0.482 e. The summed E-state index contributed by atoms with van der Waals surface area (Å²) >= 11 is 4.70. The first-order chi connectivity index (χ1) is 5.18. The van der Waals surface area contributed by atoms with Crippen LogP contribution in [0.1, 0.15) is 13.8 Å². The van der Waals surface area contributed by atoms with Crippen LogP contribution in [0.15, 0.2) is 0 Å². The lowest BCUT2D eigenvalue weighted by molar-refractivity contribution is 0.0995. The molecule has 1 atom stereocenters. The van der Waals surface area contributed by atoms with E-state index >= 15 is 0 Å². The number of hydrogen-bond acceptors (Lipinski definition) is 4. The van der Waals surface area contributed by atoms with Gasteiger partial charge in [0.05, 0.1) is 6.61 Å². The zero-order valence-electron chi connectivity index (χ0n) is 6.87. The lowest BCUT2D eigenvalue weighted by Gasteiger charge is -2.08. The van der Waals surface area contributed by atoms with Crippen molar-refractivity contribution in [2.75, 3.05) is 19.8 Å². The molecule has 1 unspecified atom stereocenters. The maximum atomic E-state index is 8.87. The monoisotopic (exact) mass is 178 g/mol. The summed E-state index contributed by atoms with van der Waals surface area (Å²) in [7, 11) is 0. The van der Waals surface area contributed by atoms with Gasteiger partial charge in [-0.15, -0.1) is 0 Å². The second kappa shape index (κ2) is 6.52. The zero-order valence-corrected chi connectivity index (χ0v) is 7.69. The van der Waals surface area contributed by atoms with Crippen LogP contribution in [-0.4, -0.2) is 36.1 Å². The molecule has 0 fully saturated rings. The van der Waals surface area contributed by atoms with Crippen LogP contribution in [0.5, 0.6) is 0 Å². The van der Waals surface area contributed by atoms with E-state index in [4.69, 9.17) is 26.8 Å². The van der Waals surface area contributed by atoms with Crippen LogP contribution < -0.4 is 0 Å². The molecule has 0 aliphatic heterocycles. The summed E-state index contributed by atoms with van der Waals surface area (Å²) < 4.78 is 9.96. The third kappa shape index (κ3) is 6.22. The minimum Gasteiger partial charge on any atom is -0.482 e. The highest BCUT2D eigenvalue weighted by Gasteiger charge is 2.03. The highest BCUT2D eigenvalue weighted by atomic mass is 32.1. The van der Waals surface area contributed by atoms with Crippen LogP contribution in [0.2, 0.25) is 0 Å². The van der Waals surface area contributed by atoms with Gasteiger partial charge in [0.1, 0.15) is 12.7 Å². The minimum absolute atomic E-state index is 0.227. The van der Waals surface area contributed by atoms with Gasteiger partial charge in [-0.1, -0.05) is 0 Å². The van der Waals surface area contributed by atoms with E-state index in [0.717, 1.165) is 0 Å². The van der Waals surface area contributed by atoms with Gasteiger partial charge < -0.3 is 14.6 Å². The lowest BCUT2D eigenvalue weighted by Crippen LogP contribution is -2.19. The van der Waals surface area contributed by atoms with Crippen LogP contribution in [0.3, 0.4) is 0 Å². The first-order valence-corrected chi connectivity index (χ1v) is 4.01. The van der Waals surface area contributed by atoms with E-state index in [2.05, 4.69) is 0 Å². The average molecular weight is 178 g/mol. The Balaban J connectivity index is 3.18. The Labute approximate surface area is 72.3 Å². The summed E-state index contributed by atoms with van der Waals surface area (Å²) in [5, 5.41) is 9.10. The van der Waals surface area contributed by atoms with Gasteiger partial charge in [-0.05, 0) is 26.1 Å². The van der Waals surface area contributed by atoms with Gasteiger partial charge in [-0.3, -0.25) is 0 Å². The average Bonchev–Trinajstić information content (AvgIpc) is 1.97. The predicted octanol–water partition coefficient (Wildman–Crippen LogP) is 0.748. The van der Waals surface area contributed by atoms with Crippen molar-refractivity contribution in [2.45, 2.75) is 20.0 Å². The molecular formula is C7H14O3S. The van der Waals surface area contributed by atoms with Crippen LogP contribution in [0, 0.1) is 0 Å². The van der Waals surface area contributed by atoms with E-state index in [1.165, 1.54) is 0 Å². The third-order valence-electron chi connectivity index (χ3n) is 1.02. The van der Waals surface area contributed by atoms with Crippen molar-refractivity contribution >= 4 is 17.3 Å². The lowest BCUT2D eigenvalue weighted by atomic mass is 10.4. The number of rotatable bonds is 5. The van der Waals surface area contributed by atoms with Gasteiger partial charge in [0, 0.05) is 6.61 Å². The first kappa shape index (κ1) is 10.8. The van der Waals surface area contributed by atoms with E-state index in [9.17, 15) is 0 Å². The van der Waals surface area contributed by atoms with E-state index in [0.29, 0.717) is 19.8 Å². The molecule has 0 aromatic heterocycles. The Morgan fingerprint density at radius 2 is 2.18 bits per heavy atom. The SMILES string of the molecule is CCOCCOC(=S)C(C)O. The quantitative estimate of drug-likeness (QED) is 0.498. The second-order valence-corrected chi connectivity index (χ2v) is 2.44. The molecule has 0 aliphatic rings. The molecule has 0 bridgehead atoms. The van der Waals surface area contributed by atoms with Crippen molar-refractivity contribution in [2.24, 2.45) is 0 Å². The molecule has 66 valence electrons. The minimum atomic E-state index is -0.674. The third-order valence-corrected chi connectivity index (χ3v) is 1.48. The molecule has 3 nitrogen and oxygen atoms in total. The van der Waals surface area contributed by atoms with E-state index in [-0.39, 0.29) is 5.05 Å². The van der Waals surface area contributed by atoms with Crippen LogP contribution in [0.4, 0.5) is 0 Å². The van der Waals surface area contributed by atoms with Gasteiger partial charge in [0.25, 0.3) is 0 Å². The maximum absolute atomic E-state index is 8.87. The first-order valence-electron chi connectivity index (χ1n) is 3.61. The summed E-state index contributed by atoms with van der Waals surface area (Å²) in [6.45, 7) is 5.09. The standard InChI is InChI=1S/C7H14O3S/c1-3-9-4-5-10-7(11)6(2)8/h6,8H,3-5H2,1-2H3. The van der Waals surface area contributed by atoms with Gasteiger partial charge in [-0.25, -0.2) is 0 Å². The van der Waals surface area contributed by atoms with Crippen molar-refractivity contribution in [1.29, 1.82) is 0 Å². The normalized spacial score (nSPS) is 12.6. The van der Waals surface area contributed by atoms with E-state index in [1.807, 2.05) is 6.92 Å². The van der Waals surface area contributed by atoms with Gasteiger partial charge >= 0.3 is 0 Å². The Hall–Kier alpha value is -0.190. The summed E-state index contributed by atoms with van der Waals surface area (Å²) in [5.41, 5.74) is 0. The van der Waals surface area contributed by atoms with Crippen molar-refractivity contribution in [1.82, 2.24) is 0 Å². The fourth-order valence-electron chi connectivity index (χ4n) is 0.466. The Bertz CT molecular complexity index is 114. The number of aliphatic hydroxyl groups excluding tert-OH is 1. The summed E-state index contributed by atoms with van der Waals surface area (Å²) in [5.74, 6) is 0.